The standard InChI is InChI=1S/C15H23NO3/c1-10-4-6-13(19-10)9-18-14-7-5-12(11(2)16)8-15(14)17-3/h5,7-8,10-11,13H,4,6,9,16H2,1-3H3/t10?,11-,13?/m1/s1. The third kappa shape index (κ3) is 3.61. The SMILES string of the molecule is COc1cc([C@@H](C)N)ccc1OCC1CCC(C)O1. The molecule has 1 aromatic carbocycles. The van der Waals surface area contributed by atoms with E-state index in [1.807, 2.05) is 25.1 Å². The third-order valence-electron chi connectivity index (χ3n) is 3.46. The monoisotopic (exact) mass is 265 g/mol. The van der Waals surface area contributed by atoms with Crippen LogP contribution in [0.25, 0.3) is 0 Å². The van der Waals surface area contributed by atoms with E-state index in [-0.39, 0.29) is 12.1 Å². The Kier molecular flexibility index (Phi) is 4.66. The van der Waals surface area contributed by atoms with E-state index in [2.05, 4.69) is 6.92 Å². The van der Waals surface area contributed by atoms with E-state index in [1.165, 1.54) is 0 Å². The molecular weight excluding hydrogens is 242 g/mol. The predicted octanol–water partition coefficient (Wildman–Crippen LogP) is 2.66. The van der Waals surface area contributed by atoms with Gasteiger partial charge >= 0.3 is 0 Å². The van der Waals surface area contributed by atoms with Gasteiger partial charge in [-0.1, -0.05) is 6.07 Å². The van der Waals surface area contributed by atoms with Crippen LogP contribution in [-0.2, 0) is 4.74 Å². The van der Waals surface area contributed by atoms with Crippen molar-refractivity contribution in [2.24, 2.45) is 5.73 Å². The summed E-state index contributed by atoms with van der Waals surface area (Å²) in [5.74, 6) is 1.47. The molecule has 0 aliphatic carbocycles. The van der Waals surface area contributed by atoms with Crippen LogP contribution in [0.15, 0.2) is 18.2 Å². The maximum absolute atomic E-state index is 5.86. The number of rotatable bonds is 5. The summed E-state index contributed by atoms with van der Waals surface area (Å²) in [6, 6.07) is 5.80. The van der Waals surface area contributed by atoms with Gasteiger partial charge in [0.05, 0.1) is 19.3 Å². The lowest BCUT2D eigenvalue weighted by Crippen LogP contribution is -2.18. The van der Waals surface area contributed by atoms with Gasteiger partial charge in [0.2, 0.25) is 0 Å². The number of hydrogen-bond donors (Lipinski definition) is 1. The summed E-state index contributed by atoms with van der Waals surface area (Å²) < 4.78 is 16.9. The van der Waals surface area contributed by atoms with Crippen molar-refractivity contribution < 1.29 is 14.2 Å². The molecule has 1 fully saturated rings. The van der Waals surface area contributed by atoms with E-state index >= 15 is 0 Å². The fraction of sp³-hybridized carbons (Fsp3) is 0.600. The molecule has 4 heteroatoms. The molecule has 0 aromatic heterocycles. The molecule has 0 spiro atoms. The Morgan fingerprint density at radius 2 is 2.16 bits per heavy atom. The van der Waals surface area contributed by atoms with E-state index in [4.69, 9.17) is 19.9 Å². The zero-order chi connectivity index (χ0) is 13.8. The van der Waals surface area contributed by atoms with Gasteiger partial charge in [-0.25, -0.2) is 0 Å². The van der Waals surface area contributed by atoms with Crippen molar-refractivity contribution in [3.8, 4) is 11.5 Å². The quantitative estimate of drug-likeness (QED) is 0.889. The minimum absolute atomic E-state index is 0.0121. The first-order valence-electron chi connectivity index (χ1n) is 6.82. The van der Waals surface area contributed by atoms with Gasteiger partial charge in [0, 0.05) is 6.04 Å². The van der Waals surface area contributed by atoms with Crippen LogP contribution in [0.4, 0.5) is 0 Å². The highest BCUT2D eigenvalue weighted by molar-refractivity contribution is 5.43. The maximum Gasteiger partial charge on any atom is 0.161 e. The molecule has 0 amide bonds. The van der Waals surface area contributed by atoms with Gasteiger partial charge < -0.3 is 19.9 Å². The maximum atomic E-state index is 5.86. The average Bonchev–Trinajstić information content (AvgIpc) is 2.81. The molecule has 1 saturated heterocycles. The van der Waals surface area contributed by atoms with E-state index < -0.39 is 0 Å². The van der Waals surface area contributed by atoms with Crippen LogP contribution in [-0.4, -0.2) is 25.9 Å². The highest BCUT2D eigenvalue weighted by Crippen LogP contribution is 2.30. The summed E-state index contributed by atoms with van der Waals surface area (Å²) in [6.07, 6.45) is 2.69. The Morgan fingerprint density at radius 1 is 1.37 bits per heavy atom. The van der Waals surface area contributed by atoms with E-state index in [1.54, 1.807) is 7.11 Å². The molecular formula is C15H23NO3. The normalized spacial score (nSPS) is 24.2. The van der Waals surface area contributed by atoms with Crippen molar-refractivity contribution in [1.82, 2.24) is 0 Å². The first-order valence-corrected chi connectivity index (χ1v) is 6.82. The van der Waals surface area contributed by atoms with Gasteiger partial charge in [-0.3, -0.25) is 0 Å². The zero-order valence-corrected chi connectivity index (χ0v) is 11.9. The number of nitrogens with two attached hydrogens (primary N) is 1. The lowest BCUT2D eigenvalue weighted by molar-refractivity contribution is 0.0259. The molecule has 0 bridgehead atoms. The number of methoxy groups -OCH3 is 1. The van der Waals surface area contributed by atoms with Crippen LogP contribution in [0.1, 0.15) is 38.3 Å². The minimum atomic E-state index is -0.0121. The van der Waals surface area contributed by atoms with Gasteiger partial charge in [-0.2, -0.15) is 0 Å². The van der Waals surface area contributed by atoms with Crippen LogP contribution in [0.2, 0.25) is 0 Å². The van der Waals surface area contributed by atoms with Gasteiger partial charge in [-0.05, 0) is 44.4 Å². The van der Waals surface area contributed by atoms with Crippen LogP contribution in [0, 0.1) is 0 Å². The van der Waals surface area contributed by atoms with Crippen molar-refractivity contribution in [2.75, 3.05) is 13.7 Å². The second-order valence-electron chi connectivity index (χ2n) is 5.16. The molecule has 3 atom stereocenters. The second kappa shape index (κ2) is 6.26. The summed E-state index contributed by atoms with van der Waals surface area (Å²) in [5.41, 5.74) is 6.90. The molecule has 19 heavy (non-hydrogen) atoms. The molecule has 4 nitrogen and oxygen atoms in total. The number of hydrogen-bond acceptors (Lipinski definition) is 4. The molecule has 1 aliphatic rings. The third-order valence-corrected chi connectivity index (χ3v) is 3.46. The Bertz CT molecular complexity index is 420. The van der Waals surface area contributed by atoms with Crippen molar-refractivity contribution in [2.45, 2.75) is 44.9 Å². The van der Waals surface area contributed by atoms with Crippen LogP contribution < -0.4 is 15.2 Å². The molecule has 0 radical (unpaired) electrons. The highest BCUT2D eigenvalue weighted by Gasteiger charge is 2.22. The van der Waals surface area contributed by atoms with Crippen molar-refractivity contribution in [3.63, 3.8) is 0 Å². The lowest BCUT2D eigenvalue weighted by atomic mass is 10.1. The lowest BCUT2D eigenvalue weighted by Gasteiger charge is -2.16. The second-order valence-corrected chi connectivity index (χ2v) is 5.16. The minimum Gasteiger partial charge on any atom is -0.493 e. The van der Waals surface area contributed by atoms with Crippen molar-refractivity contribution >= 4 is 0 Å². The molecule has 0 saturated carbocycles. The van der Waals surface area contributed by atoms with Gasteiger partial charge in [0.1, 0.15) is 6.61 Å². The molecule has 1 aliphatic heterocycles. The molecule has 1 aromatic rings. The first-order chi connectivity index (χ1) is 9.10. The molecule has 106 valence electrons. The number of benzene rings is 1. The molecule has 1 heterocycles. The Balaban J connectivity index is 1.99. The largest absolute Gasteiger partial charge is 0.493 e. The Hall–Kier alpha value is -1.26. The van der Waals surface area contributed by atoms with E-state index in [0.29, 0.717) is 12.7 Å². The summed E-state index contributed by atoms with van der Waals surface area (Å²) >= 11 is 0. The van der Waals surface area contributed by atoms with Crippen molar-refractivity contribution in [1.29, 1.82) is 0 Å². The molecule has 2 rings (SSSR count). The topological polar surface area (TPSA) is 53.7 Å². The Labute approximate surface area is 114 Å². The smallest absolute Gasteiger partial charge is 0.161 e. The fourth-order valence-corrected chi connectivity index (χ4v) is 2.28. The predicted molar refractivity (Wildman–Crippen MR) is 74.7 cm³/mol. The van der Waals surface area contributed by atoms with Crippen LogP contribution in [0.3, 0.4) is 0 Å². The average molecular weight is 265 g/mol. The summed E-state index contributed by atoms with van der Waals surface area (Å²) in [4.78, 5) is 0. The van der Waals surface area contributed by atoms with Gasteiger partial charge in [0.15, 0.2) is 11.5 Å². The Morgan fingerprint density at radius 3 is 2.74 bits per heavy atom. The summed E-state index contributed by atoms with van der Waals surface area (Å²) in [7, 11) is 1.64. The zero-order valence-electron chi connectivity index (χ0n) is 11.9. The molecule has 2 N–H and O–H groups in total. The van der Waals surface area contributed by atoms with Crippen molar-refractivity contribution in [3.05, 3.63) is 23.8 Å². The highest BCUT2D eigenvalue weighted by atomic mass is 16.6. The molecule has 2 unspecified atom stereocenters. The van der Waals surface area contributed by atoms with E-state index in [9.17, 15) is 0 Å². The summed E-state index contributed by atoms with van der Waals surface area (Å²) in [6.45, 7) is 4.61. The van der Waals surface area contributed by atoms with Gasteiger partial charge in [-0.15, -0.1) is 0 Å². The summed E-state index contributed by atoms with van der Waals surface area (Å²) in [5, 5.41) is 0. The number of ether oxygens (including phenoxy) is 3. The fourth-order valence-electron chi connectivity index (χ4n) is 2.28. The van der Waals surface area contributed by atoms with Crippen LogP contribution in [0.5, 0.6) is 11.5 Å². The van der Waals surface area contributed by atoms with E-state index in [0.717, 1.165) is 29.9 Å². The first kappa shape index (κ1) is 14.2. The van der Waals surface area contributed by atoms with Gasteiger partial charge in [0.25, 0.3) is 0 Å². The van der Waals surface area contributed by atoms with Crippen LogP contribution >= 0.6 is 0 Å².